The molecule has 0 aromatic carbocycles. The lowest BCUT2D eigenvalue weighted by Gasteiger charge is -2.15. The minimum atomic E-state index is -0.295. The highest BCUT2D eigenvalue weighted by molar-refractivity contribution is 6.00. The Balaban J connectivity index is 1.53. The molecule has 1 amide bonds. The van der Waals surface area contributed by atoms with Gasteiger partial charge in [-0.05, 0) is 18.6 Å². The number of carbonyl (C=O) groups is 1. The number of anilines is 2. The average Bonchev–Trinajstić information content (AvgIpc) is 3.14. The van der Waals surface area contributed by atoms with Crippen LogP contribution in [0, 0.1) is 0 Å². The van der Waals surface area contributed by atoms with Gasteiger partial charge in [0.05, 0.1) is 11.9 Å². The van der Waals surface area contributed by atoms with Crippen molar-refractivity contribution in [3.8, 4) is 0 Å². The van der Waals surface area contributed by atoms with Gasteiger partial charge in [0.2, 0.25) is 5.91 Å². The summed E-state index contributed by atoms with van der Waals surface area (Å²) in [6.07, 6.45) is 7.48. The van der Waals surface area contributed by atoms with E-state index in [0.717, 1.165) is 11.2 Å². The summed E-state index contributed by atoms with van der Waals surface area (Å²) in [7, 11) is 1.83. The first kappa shape index (κ1) is 13.6. The third-order valence-electron chi connectivity index (χ3n) is 3.86. The zero-order chi connectivity index (χ0) is 15.8. The molecule has 1 atom stereocenters. The molecule has 0 unspecified atom stereocenters. The van der Waals surface area contributed by atoms with Crippen LogP contribution in [0.4, 0.5) is 11.5 Å². The number of fused-ring (bicyclic) bond motifs is 1. The Morgan fingerprint density at radius 1 is 1.26 bits per heavy atom. The average molecular weight is 309 g/mol. The van der Waals surface area contributed by atoms with Gasteiger partial charge in [-0.3, -0.25) is 14.5 Å². The summed E-state index contributed by atoms with van der Waals surface area (Å²) in [6, 6.07) is 3.37. The normalized spacial score (nSPS) is 17.9. The monoisotopic (exact) mass is 309 g/mol. The van der Waals surface area contributed by atoms with Gasteiger partial charge in [-0.2, -0.15) is 5.10 Å². The summed E-state index contributed by atoms with van der Waals surface area (Å²) in [5.41, 5.74) is 2.11. The van der Waals surface area contributed by atoms with Crippen LogP contribution in [-0.4, -0.2) is 43.2 Å². The molecule has 1 saturated heterocycles. The fourth-order valence-corrected chi connectivity index (χ4v) is 2.73. The summed E-state index contributed by atoms with van der Waals surface area (Å²) in [5.74, 6) is 0.656. The lowest BCUT2D eigenvalue weighted by atomic mass is 10.2. The summed E-state index contributed by atoms with van der Waals surface area (Å²) >= 11 is 0. The third kappa shape index (κ3) is 2.48. The first-order chi connectivity index (χ1) is 11.2. The number of hydrogen-bond donors (Lipinski definition) is 1. The standard InChI is InChI=1S/C15H15N7O/c1-21-9-10(8-18-21)22-7-4-12(15(22)23)19-13-3-2-11-14(20-13)17-6-5-16-11/h2-3,5-6,8-9,12H,4,7H2,1H3,(H,17,19,20)/t12-/m0/s1. The Hall–Kier alpha value is -3.03. The number of rotatable bonds is 3. The molecular weight excluding hydrogens is 294 g/mol. The molecule has 3 aromatic rings. The van der Waals surface area contributed by atoms with Gasteiger partial charge >= 0.3 is 0 Å². The zero-order valence-electron chi connectivity index (χ0n) is 12.5. The highest BCUT2D eigenvalue weighted by Crippen LogP contribution is 2.23. The van der Waals surface area contributed by atoms with E-state index < -0.39 is 0 Å². The molecule has 0 spiro atoms. The molecule has 0 saturated carbocycles. The van der Waals surface area contributed by atoms with Crippen molar-refractivity contribution in [1.29, 1.82) is 0 Å². The third-order valence-corrected chi connectivity index (χ3v) is 3.86. The smallest absolute Gasteiger partial charge is 0.249 e. The molecule has 0 bridgehead atoms. The van der Waals surface area contributed by atoms with E-state index in [1.165, 1.54) is 0 Å². The Bertz CT molecular complexity index is 875. The van der Waals surface area contributed by atoms with E-state index in [4.69, 9.17) is 0 Å². The van der Waals surface area contributed by atoms with E-state index in [1.54, 1.807) is 28.2 Å². The SMILES string of the molecule is Cn1cc(N2CC[C@H](Nc3ccc4nccnc4n3)C2=O)cn1. The van der Waals surface area contributed by atoms with Crippen molar-refractivity contribution < 1.29 is 4.79 Å². The van der Waals surface area contributed by atoms with Crippen LogP contribution >= 0.6 is 0 Å². The van der Waals surface area contributed by atoms with Gasteiger partial charge in [0, 0.05) is 32.2 Å². The Kier molecular flexibility index (Phi) is 3.14. The maximum absolute atomic E-state index is 12.6. The van der Waals surface area contributed by atoms with Crippen LogP contribution in [0.2, 0.25) is 0 Å². The van der Waals surface area contributed by atoms with Crippen molar-refractivity contribution in [3.05, 3.63) is 36.9 Å². The van der Waals surface area contributed by atoms with E-state index in [2.05, 4.69) is 25.4 Å². The molecule has 3 aromatic heterocycles. The van der Waals surface area contributed by atoms with Crippen LogP contribution in [0.1, 0.15) is 6.42 Å². The molecule has 0 radical (unpaired) electrons. The molecule has 1 aliphatic heterocycles. The lowest BCUT2D eigenvalue weighted by molar-refractivity contribution is -0.117. The molecule has 116 valence electrons. The number of nitrogens with zero attached hydrogens (tertiary/aromatic N) is 6. The molecular formula is C15H15N7O. The topological polar surface area (TPSA) is 88.8 Å². The van der Waals surface area contributed by atoms with Crippen molar-refractivity contribution in [1.82, 2.24) is 24.7 Å². The van der Waals surface area contributed by atoms with Crippen LogP contribution in [0.25, 0.3) is 11.2 Å². The second kappa shape index (κ2) is 5.31. The molecule has 1 N–H and O–H groups in total. The summed E-state index contributed by atoms with van der Waals surface area (Å²) in [6.45, 7) is 0.662. The van der Waals surface area contributed by atoms with Crippen molar-refractivity contribution in [2.75, 3.05) is 16.8 Å². The van der Waals surface area contributed by atoms with Crippen molar-refractivity contribution in [2.45, 2.75) is 12.5 Å². The molecule has 0 aliphatic carbocycles. The van der Waals surface area contributed by atoms with E-state index >= 15 is 0 Å². The van der Waals surface area contributed by atoms with E-state index in [-0.39, 0.29) is 11.9 Å². The maximum atomic E-state index is 12.6. The first-order valence-corrected chi connectivity index (χ1v) is 7.35. The number of amides is 1. The molecule has 4 rings (SSSR count). The van der Waals surface area contributed by atoms with E-state index in [1.807, 2.05) is 25.4 Å². The second-order valence-electron chi connectivity index (χ2n) is 5.44. The van der Waals surface area contributed by atoms with Crippen LogP contribution in [-0.2, 0) is 11.8 Å². The van der Waals surface area contributed by atoms with Crippen molar-refractivity contribution in [2.24, 2.45) is 7.05 Å². The number of pyridine rings is 1. The van der Waals surface area contributed by atoms with Gasteiger partial charge in [0.1, 0.15) is 17.4 Å². The minimum Gasteiger partial charge on any atom is -0.358 e. The fourth-order valence-electron chi connectivity index (χ4n) is 2.73. The molecule has 8 nitrogen and oxygen atoms in total. The van der Waals surface area contributed by atoms with Crippen LogP contribution < -0.4 is 10.2 Å². The summed E-state index contributed by atoms with van der Waals surface area (Å²) in [5, 5.41) is 7.31. The molecule has 23 heavy (non-hydrogen) atoms. The van der Waals surface area contributed by atoms with Gasteiger partial charge in [-0.25, -0.2) is 9.97 Å². The Morgan fingerprint density at radius 2 is 2.13 bits per heavy atom. The predicted octanol–water partition coefficient (Wildman–Crippen LogP) is 0.976. The number of aryl methyl sites for hydroxylation is 1. The second-order valence-corrected chi connectivity index (χ2v) is 5.44. The maximum Gasteiger partial charge on any atom is 0.249 e. The van der Waals surface area contributed by atoms with Gasteiger partial charge in [0.25, 0.3) is 0 Å². The molecule has 4 heterocycles. The summed E-state index contributed by atoms with van der Waals surface area (Å²) < 4.78 is 1.69. The lowest BCUT2D eigenvalue weighted by Crippen LogP contribution is -2.33. The zero-order valence-corrected chi connectivity index (χ0v) is 12.5. The van der Waals surface area contributed by atoms with Crippen LogP contribution in [0.5, 0.6) is 0 Å². The van der Waals surface area contributed by atoms with Crippen LogP contribution in [0.15, 0.2) is 36.9 Å². The van der Waals surface area contributed by atoms with E-state index in [9.17, 15) is 4.79 Å². The van der Waals surface area contributed by atoms with E-state index in [0.29, 0.717) is 24.4 Å². The number of aromatic nitrogens is 5. The minimum absolute atomic E-state index is 0.0269. The predicted molar refractivity (Wildman–Crippen MR) is 84.9 cm³/mol. The van der Waals surface area contributed by atoms with Gasteiger partial charge in [-0.15, -0.1) is 0 Å². The molecule has 1 fully saturated rings. The highest BCUT2D eigenvalue weighted by atomic mass is 16.2. The van der Waals surface area contributed by atoms with Gasteiger partial charge in [-0.1, -0.05) is 0 Å². The molecule has 8 heteroatoms. The number of carbonyl (C=O) groups excluding carboxylic acids is 1. The van der Waals surface area contributed by atoms with Crippen molar-refractivity contribution in [3.63, 3.8) is 0 Å². The molecule has 1 aliphatic rings. The Labute approximate surface area is 132 Å². The quantitative estimate of drug-likeness (QED) is 0.775. The summed E-state index contributed by atoms with van der Waals surface area (Å²) in [4.78, 5) is 27.1. The van der Waals surface area contributed by atoms with Gasteiger partial charge in [0.15, 0.2) is 5.65 Å². The van der Waals surface area contributed by atoms with Gasteiger partial charge < -0.3 is 10.2 Å². The largest absolute Gasteiger partial charge is 0.358 e. The highest BCUT2D eigenvalue weighted by Gasteiger charge is 2.33. The van der Waals surface area contributed by atoms with Crippen molar-refractivity contribution >= 4 is 28.6 Å². The van der Waals surface area contributed by atoms with Crippen LogP contribution in [0.3, 0.4) is 0 Å². The Morgan fingerprint density at radius 3 is 2.96 bits per heavy atom. The first-order valence-electron chi connectivity index (χ1n) is 7.35. The number of nitrogens with one attached hydrogen (secondary N) is 1. The number of hydrogen-bond acceptors (Lipinski definition) is 6. The fraction of sp³-hybridized carbons (Fsp3) is 0.267.